The van der Waals surface area contributed by atoms with Crippen LogP contribution in [0.3, 0.4) is 0 Å². The van der Waals surface area contributed by atoms with Crippen molar-refractivity contribution in [3.8, 4) is 11.3 Å². The van der Waals surface area contributed by atoms with Gasteiger partial charge in [-0.2, -0.15) is 9.40 Å². The van der Waals surface area contributed by atoms with E-state index >= 15 is 0 Å². The van der Waals surface area contributed by atoms with E-state index in [2.05, 4.69) is 11.0 Å². The number of aliphatic hydroxyl groups excluding tert-OH is 1. The highest BCUT2D eigenvalue weighted by molar-refractivity contribution is 7.88. The number of aliphatic hydroxyl groups is 1. The summed E-state index contributed by atoms with van der Waals surface area (Å²) in [5.74, 6) is 1.54. The van der Waals surface area contributed by atoms with E-state index in [1.54, 1.807) is 6.92 Å². The second-order valence-electron chi connectivity index (χ2n) is 13.9. The normalized spacial score (nSPS) is 19.4. The Bertz CT molecular complexity index is 1700. The Labute approximate surface area is 294 Å². The van der Waals surface area contributed by atoms with E-state index < -0.39 is 16.1 Å². The Kier molecular flexibility index (Phi) is 11.2. The number of aryl methyl sites for hydroxylation is 2. The van der Waals surface area contributed by atoms with E-state index in [0.29, 0.717) is 47.9 Å². The van der Waals surface area contributed by atoms with Gasteiger partial charge in [-0.05, 0) is 98.8 Å². The van der Waals surface area contributed by atoms with Crippen molar-refractivity contribution in [2.24, 2.45) is 11.8 Å². The van der Waals surface area contributed by atoms with Gasteiger partial charge in [0.1, 0.15) is 0 Å². The fourth-order valence-electron chi connectivity index (χ4n) is 7.82. The van der Waals surface area contributed by atoms with Crippen molar-refractivity contribution < 1.29 is 18.3 Å². The molecule has 4 heterocycles. The van der Waals surface area contributed by atoms with Crippen LogP contribution in [0.1, 0.15) is 55.0 Å². The summed E-state index contributed by atoms with van der Waals surface area (Å²) in [4.78, 5) is 16.1. The Morgan fingerprint density at radius 2 is 1.60 bits per heavy atom. The molecule has 0 saturated carbocycles. The van der Waals surface area contributed by atoms with Crippen molar-refractivity contribution >= 4 is 39.1 Å². The predicted octanol–water partition coefficient (Wildman–Crippen LogP) is 5.29. The first kappa shape index (κ1) is 35.4. The first-order valence-electron chi connectivity index (χ1n) is 17.2. The first-order chi connectivity index (χ1) is 22.9. The zero-order chi connectivity index (χ0) is 34.0. The lowest BCUT2D eigenvalue weighted by Crippen LogP contribution is -2.44. The Morgan fingerprint density at radius 1 is 0.938 bits per heavy atom. The van der Waals surface area contributed by atoms with Gasteiger partial charge in [0, 0.05) is 72.9 Å². The lowest BCUT2D eigenvalue weighted by atomic mass is 9.79. The average molecular weight is 717 g/mol. The van der Waals surface area contributed by atoms with E-state index in [-0.39, 0.29) is 12.5 Å². The van der Waals surface area contributed by atoms with Gasteiger partial charge in [0.25, 0.3) is 0 Å². The minimum Gasteiger partial charge on any atom is -0.390 e. The van der Waals surface area contributed by atoms with E-state index in [0.717, 1.165) is 92.8 Å². The maximum absolute atomic E-state index is 12.6. The topological polar surface area (TPSA) is 99.0 Å². The maximum atomic E-state index is 12.6. The molecule has 0 spiro atoms. The molecule has 2 aromatic carbocycles. The van der Waals surface area contributed by atoms with Crippen molar-refractivity contribution in [2.45, 2.75) is 71.1 Å². The SMILES string of the molecule is CC(=O)N1CCC(C2CCN(C[C@H](O)Cn3nc(-c4ccc(Cl)c(CCc5ccc(Cl)cc5)c4)c4c3CCN(S(C)(=O)=O)C4)CC2)CC1. The number of carbonyl (C=O) groups is 1. The predicted molar refractivity (Wildman–Crippen MR) is 191 cm³/mol. The number of carbonyl (C=O) groups excluding carboxylic acids is 1. The number of β-amino-alcohol motifs (C(OH)–C–C–N with tert-alkyl or cyclic N) is 1. The standard InChI is InChI=1S/C36H47Cl2N5O4S/c1-25(44)41-18-13-28(14-19-41)27-11-16-40(17-12-27)22-32(45)23-43-35-15-20-42(48(2,46)47)24-33(35)36(39-43)30-7-10-34(38)29(21-30)6-3-26-4-8-31(37)9-5-26/h4-5,7-10,21,27-28,32,45H,3,6,11-20,22-24H2,1-2H3/t32-/m0/s1. The molecule has 3 aliphatic rings. The molecule has 0 aliphatic carbocycles. The third kappa shape index (κ3) is 8.45. The third-order valence-electron chi connectivity index (χ3n) is 10.6. The van der Waals surface area contributed by atoms with Crippen LogP contribution in [0.15, 0.2) is 42.5 Å². The van der Waals surface area contributed by atoms with Gasteiger partial charge < -0.3 is 14.9 Å². The number of aromatic nitrogens is 2. The summed E-state index contributed by atoms with van der Waals surface area (Å²) in [6.07, 6.45) is 7.14. The average Bonchev–Trinajstić information content (AvgIpc) is 3.42. The van der Waals surface area contributed by atoms with Crippen molar-refractivity contribution in [1.29, 1.82) is 0 Å². The second-order valence-corrected chi connectivity index (χ2v) is 16.7. The quantitative estimate of drug-likeness (QED) is 0.307. The minimum absolute atomic E-state index is 0.179. The van der Waals surface area contributed by atoms with Gasteiger partial charge in [0.15, 0.2) is 0 Å². The fourth-order valence-corrected chi connectivity index (χ4v) is 8.95. The summed E-state index contributed by atoms with van der Waals surface area (Å²) in [6, 6.07) is 13.7. The Morgan fingerprint density at radius 3 is 2.25 bits per heavy atom. The van der Waals surface area contributed by atoms with E-state index in [9.17, 15) is 18.3 Å². The minimum atomic E-state index is -3.38. The Hall–Kier alpha value is -2.47. The number of halogens is 2. The van der Waals surface area contributed by atoms with Crippen molar-refractivity contribution in [3.63, 3.8) is 0 Å². The van der Waals surface area contributed by atoms with Crippen LogP contribution in [0.5, 0.6) is 0 Å². The summed E-state index contributed by atoms with van der Waals surface area (Å²) in [7, 11) is -3.38. The van der Waals surface area contributed by atoms with Crippen LogP contribution in [-0.2, 0) is 47.2 Å². The van der Waals surface area contributed by atoms with Gasteiger partial charge in [0.2, 0.25) is 15.9 Å². The van der Waals surface area contributed by atoms with Gasteiger partial charge in [-0.15, -0.1) is 0 Å². The van der Waals surface area contributed by atoms with Crippen molar-refractivity contribution in [2.75, 3.05) is 45.5 Å². The zero-order valence-electron chi connectivity index (χ0n) is 28.0. The van der Waals surface area contributed by atoms with E-state index in [1.807, 2.05) is 46.0 Å². The molecule has 260 valence electrons. The summed E-state index contributed by atoms with van der Waals surface area (Å²) in [5, 5.41) is 17.7. The molecule has 9 nitrogen and oxygen atoms in total. The molecule has 2 saturated heterocycles. The molecular formula is C36H47Cl2N5O4S. The van der Waals surface area contributed by atoms with Crippen LogP contribution in [0.2, 0.25) is 10.0 Å². The highest BCUT2D eigenvalue weighted by atomic mass is 35.5. The number of fused-ring (bicyclic) bond motifs is 1. The molecule has 6 rings (SSSR count). The lowest BCUT2D eigenvalue weighted by Gasteiger charge is -2.40. The van der Waals surface area contributed by atoms with Crippen LogP contribution in [0.4, 0.5) is 0 Å². The van der Waals surface area contributed by atoms with Gasteiger partial charge in [-0.3, -0.25) is 9.48 Å². The molecule has 1 amide bonds. The molecule has 1 aromatic heterocycles. The monoisotopic (exact) mass is 715 g/mol. The van der Waals surface area contributed by atoms with Gasteiger partial charge in [-0.1, -0.05) is 41.4 Å². The fraction of sp³-hybridized carbons (Fsp3) is 0.556. The van der Waals surface area contributed by atoms with E-state index in [1.165, 1.54) is 16.1 Å². The molecule has 3 aliphatic heterocycles. The summed E-state index contributed by atoms with van der Waals surface area (Å²) < 4.78 is 28.5. The van der Waals surface area contributed by atoms with Gasteiger partial charge >= 0.3 is 0 Å². The first-order valence-corrected chi connectivity index (χ1v) is 19.8. The number of benzene rings is 2. The molecule has 1 N–H and O–H groups in total. The number of amides is 1. The number of piperidine rings is 2. The highest BCUT2D eigenvalue weighted by Gasteiger charge is 2.33. The van der Waals surface area contributed by atoms with Crippen molar-refractivity contribution in [3.05, 3.63) is 74.9 Å². The molecule has 12 heteroatoms. The number of hydrogen-bond donors (Lipinski definition) is 1. The largest absolute Gasteiger partial charge is 0.390 e. The van der Waals surface area contributed by atoms with Crippen LogP contribution in [0.25, 0.3) is 11.3 Å². The summed E-state index contributed by atoms with van der Waals surface area (Å²) in [6.45, 7) is 6.89. The Balaban J connectivity index is 1.14. The third-order valence-corrected chi connectivity index (χ3v) is 12.5. The molecule has 3 aromatic rings. The van der Waals surface area contributed by atoms with Gasteiger partial charge in [-0.25, -0.2) is 8.42 Å². The van der Waals surface area contributed by atoms with Crippen molar-refractivity contribution in [1.82, 2.24) is 23.9 Å². The van der Waals surface area contributed by atoms with Gasteiger partial charge in [0.05, 0.1) is 24.6 Å². The lowest BCUT2D eigenvalue weighted by molar-refractivity contribution is -0.130. The molecule has 0 bridgehead atoms. The van der Waals surface area contributed by atoms with Crippen LogP contribution in [-0.4, -0.2) is 94.9 Å². The summed E-state index contributed by atoms with van der Waals surface area (Å²) in [5.41, 5.74) is 5.67. The number of sulfonamides is 1. The van der Waals surface area contributed by atoms with Crippen LogP contribution in [0, 0.1) is 11.8 Å². The molecule has 48 heavy (non-hydrogen) atoms. The molecule has 0 unspecified atom stereocenters. The highest BCUT2D eigenvalue weighted by Crippen LogP contribution is 2.35. The zero-order valence-corrected chi connectivity index (χ0v) is 30.3. The molecular weight excluding hydrogens is 669 g/mol. The smallest absolute Gasteiger partial charge is 0.219 e. The molecule has 0 radical (unpaired) electrons. The number of likely N-dealkylation sites (tertiary alicyclic amines) is 2. The number of hydrogen-bond acceptors (Lipinski definition) is 6. The van der Waals surface area contributed by atoms with Crippen LogP contribution < -0.4 is 0 Å². The maximum Gasteiger partial charge on any atom is 0.219 e. The second kappa shape index (κ2) is 15.2. The number of rotatable bonds is 10. The number of nitrogens with zero attached hydrogens (tertiary/aromatic N) is 5. The summed E-state index contributed by atoms with van der Waals surface area (Å²) >= 11 is 12.7. The van der Waals surface area contributed by atoms with Crippen LogP contribution >= 0.6 is 23.2 Å². The molecule has 1 atom stereocenters. The van der Waals surface area contributed by atoms with E-state index in [4.69, 9.17) is 28.3 Å². The molecule has 2 fully saturated rings.